The quantitative estimate of drug-likeness (QED) is 0.554. The van der Waals surface area contributed by atoms with Gasteiger partial charge in [-0.05, 0) is 29.8 Å². The highest BCUT2D eigenvalue weighted by Crippen LogP contribution is 2.38. The molecule has 1 aromatic carbocycles. The van der Waals surface area contributed by atoms with E-state index in [0.717, 1.165) is 66.3 Å². The number of rotatable bonds is 5. The molecule has 1 saturated heterocycles. The van der Waals surface area contributed by atoms with Crippen molar-refractivity contribution in [3.63, 3.8) is 0 Å². The third-order valence-electron chi connectivity index (χ3n) is 5.58. The molecule has 0 spiro atoms. The Balaban J connectivity index is 1.49. The molecular formula is C24H24N4O2. The molecule has 1 fully saturated rings. The average molecular weight is 400 g/mol. The predicted molar refractivity (Wildman–Crippen MR) is 116 cm³/mol. The lowest BCUT2D eigenvalue weighted by molar-refractivity contribution is 0.0341. The number of pyridine rings is 2. The van der Waals surface area contributed by atoms with E-state index in [1.807, 2.05) is 59.3 Å². The van der Waals surface area contributed by atoms with Crippen LogP contribution < -0.4 is 0 Å². The molecule has 1 N–H and O–H groups in total. The highest BCUT2D eigenvalue weighted by molar-refractivity contribution is 5.98. The van der Waals surface area contributed by atoms with Gasteiger partial charge in [-0.3, -0.25) is 14.9 Å². The van der Waals surface area contributed by atoms with Crippen LogP contribution in [0.3, 0.4) is 0 Å². The fourth-order valence-electron chi connectivity index (χ4n) is 4.04. The van der Waals surface area contributed by atoms with Crippen LogP contribution in [-0.2, 0) is 17.8 Å². The number of para-hydroxylation sites is 1. The Bertz CT molecular complexity index is 1130. The molecule has 5 rings (SSSR count). The van der Waals surface area contributed by atoms with Crippen molar-refractivity contribution in [3.05, 3.63) is 78.2 Å². The summed E-state index contributed by atoms with van der Waals surface area (Å²) >= 11 is 0. The smallest absolute Gasteiger partial charge is 0.202 e. The van der Waals surface area contributed by atoms with Crippen molar-refractivity contribution in [1.82, 2.24) is 19.4 Å². The molecule has 0 aliphatic carbocycles. The highest BCUT2D eigenvalue weighted by Gasteiger charge is 2.19. The van der Waals surface area contributed by atoms with E-state index in [4.69, 9.17) is 9.72 Å². The Labute approximate surface area is 175 Å². The summed E-state index contributed by atoms with van der Waals surface area (Å²) < 4.78 is 7.32. The summed E-state index contributed by atoms with van der Waals surface area (Å²) in [4.78, 5) is 11.5. The summed E-state index contributed by atoms with van der Waals surface area (Å²) in [6.07, 6.45) is 3.68. The van der Waals surface area contributed by atoms with Gasteiger partial charge in [-0.2, -0.15) is 0 Å². The van der Waals surface area contributed by atoms with Gasteiger partial charge in [-0.25, -0.2) is 0 Å². The number of hydrogen-bond donors (Lipinski definition) is 1. The second-order valence-electron chi connectivity index (χ2n) is 7.56. The van der Waals surface area contributed by atoms with Crippen LogP contribution in [-0.4, -0.2) is 50.8 Å². The first-order valence-corrected chi connectivity index (χ1v) is 10.2. The van der Waals surface area contributed by atoms with Gasteiger partial charge in [0.15, 0.2) is 0 Å². The maximum Gasteiger partial charge on any atom is 0.202 e. The largest absolute Gasteiger partial charge is 0.494 e. The molecule has 0 unspecified atom stereocenters. The van der Waals surface area contributed by atoms with Crippen LogP contribution in [0.25, 0.3) is 22.2 Å². The standard InChI is InChI=1S/C24H24N4O2/c29-24-23(21-9-8-18(15-26-21)16-27-11-13-30-14-12-27)20-6-1-2-7-22(20)28(24)17-19-5-3-4-10-25-19/h1-10,15,29H,11-14,16-17H2. The number of benzene rings is 1. The average Bonchev–Trinajstić information content (AvgIpc) is 3.07. The van der Waals surface area contributed by atoms with Crippen molar-refractivity contribution in [1.29, 1.82) is 0 Å². The van der Waals surface area contributed by atoms with Gasteiger partial charge >= 0.3 is 0 Å². The van der Waals surface area contributed by atoms with Gasteiger partial charge in [-0.15, -0.1) is 0 Å². The van der Waals surface area contributed by atoms with Crippen LogP contribution in [0.15, 0.2) is 67.0 Å². The van der Waals surface area contributed by atoms with Crippen molar-refractivity contribution >= 4 is 10.9 Å². The van der Waals surface area contributed by atoms with Gasteiger partial charge in [-0.1, -0.05) is 30.3 Å². The van der Waals surface area contributed by atoms with E-state index in [9.17, 15) is 5.11 Å². The minimum atomic E-state index is 0.218. The van der Waals surface area contributed by atoms with Gasteiger partial charge in [0.05, 0.1) is 42.2 Å². The maximum atomic E-state index is 11.1. The summed E-state index contributed by atoms with van der Waals surface area (Å²) in [5.41, 5.74) is 4.56. The number of aromatic hydroxyl groups is 1. The minimum absolute atomic E-state index is 0.218. The zero-order valence-corrected chi connectivity index (χ0v) is 16.7. The van der Waals surface area contributed by atoms with Gasteiger partial charge in [0.25, 0.3) is 0 Å². The first-order chi connectivity index (χ1) is 14.8. The third-order valence-corrected chi connectivity index (χ3v) is 5.58. The van der Waals surface area contributed by atoms with Crippen molar-refractivity contribution in [3.8, 4) is 17.1 Å². The van der Waals surface area contributed by atoms with Crippen LogP contribution in [0.1, 0.15) is 11.3 Å². The van der Waals surface area contributed by atoms with Crippen LogP contribution in [0.5, 0.6) is 5.88 Å². The summed E-state index contributed by atoms with van der Waals surface area (Å²) in [5.74, 6) is 0.218. The van der Waals surface area contributed by atoms with Crippen LogP contribution in [0.4, 0.5) is 0 Å². The molecule has 30 heavy (non-hydrogen) atoms. The van der Waals surface area contributed by atoms with Crippen molar-refractivity contribution in [2.75, 3.05) is 26.3 Å². The zero-order valence-electron chi connectivity index (χ0n) is 16.7. The number of hydrogen-bond acceptors (Lipinski definition) is 5. The molecule has 0 bridgehead atoms. The molecule has 152 valence electrons. The van der Waals surface area contributed by atoms with E-state index in [-0.39, 0.29) is 5.88 Å². The molecule has 0 radical (unpaired) electrons. The van der Waals surface area contributed by atoms with Crippen molar-refractivity contribution in [2.24, 2.45) is 0 Å². The molecule has 0 atom stereocenters. The lowest BCUT2D eigenvalue weighted by atomic mass is 10.1. The molecule has 4 aromatic rings. The molecule has 0 saturated carbocycles. The number of aromatic nitrogens is 3. The number of ether oxygens (including phenoxy) is 1. The van der Waals surface area contributed by atoms with Gasteiger partial charge < -0.3 is 14.4 Å². The Hall–Kier alpha value is -3.22. The Kier molecular flexibility index (Phi) is 5.17. The van der Waals surface area contributed by atoms with Crippen molar-refractivity contribution < 1.29 is 9.84 Å². The van der Waals surface area contributed by atoms with E-state index < -0.39 is 0 Å². The van der Waals surface area contributed by atoms with Crippen LogP contribution in [0.2, 0.25) is 0 Å². The first-order valence-electron chi connectivity index (χ1n) is 10.2. The predicted octanol–water partition coefficient (Wildman–Crippen LogP) is 3.68. The van der Waals surface area contributed by atoms with E-state index >= 15 is 0 Å². The lowest BCUT2D eigenvalue weighted by Crippen LogP contribution is -2.35. The lowest BCUT2D eigenvalue weighted by Gasteiger charge is -2.26. The summed E-state index contributed by atoms with van der Waals surface area (Å²) in [5, 5.41) is 12.1. The zero-order chi connectivity index (χ0) is 20.3. The second-order valence-corrected chi connectivity index (χ2v) is 7.56. The number of fused-ring (bicyclic) bond motifs is 1. The minimum Gasteiger partial charge on any atom is -0.494 e. The van der Waals surface area contributed by atoms with Crippen molar-refractivity contribution in [2.45, 2.75) is 13.1 Å². The maximum absolute atomic E-state index is 11.1. The van der Waals surface area contributed by atoms with Gasteiger partial charge in [0, 0.05) is 37.4 Å². The molecule has 6 nitrogen and oxygen atoms in total. The number of morpholine rings is 1. The van der Waals surface area contributed by atoms with Gasteiger partial charge in [0.1, 0.15) is 0 Å². The van der Waals surface area contributed by atoms with E-state index in [1.165, 1.54) is 0 Å². The fraction of sp³-hybridized carbons (Fsp3) is 0.250. The van der Waals surface area contributed by atoms with Crippen LogP contribution >= 0.6 is 0 Å². The Morgan fingerprint density at radius 1 is 0.900 bits per heavy atom. The molecule has 3 aromatic heterocycles. The normalized spacial score (nSPS) is 14.9. The SMILES string of the molecule is Oc1c(-c2ccc(CN3CCOCC3)cn2)c2ccccc2n1Cc1ccccn1. The second kappa shape index (κ2) is 8.26. The highest BCUT2D eigenvalue weighted by atomic mass is 16.5. The molecule has 4 heterocycles. The number of nitrogens with zero attached hydrogens (tertiary/aromatic N) is 4. The topological polar surface area (TPSA) is 63.4 Å². The van der Waals surface area contributed by atoms with Gasteiger partial charge in [0.2, 0.25) is 5.88 Å². The molecular weight excluding hydrogens is 376 g/mol. The molecule has 1 aliphatic rings. The Morgan fingerprint density at radius 3 is 2.50 bits per heavy atom. The van der Waals surface area contributed by atoms with E-state index in [1.54, 1.807) is 6.20 Å². The van der Waals surface area contributed by atoms with E-state index in [0.29, 0.717) is 6.54 Å². The summed E-state index contributed by atoms with van der Waals surface area (Å²) in [7, 11) is 0. The molecule has 0 amide bonds. The van der Waals surface area contributed by atoms with Crippen LogP contribution in [0, 0.1) is 0 Å². The summed E-state index contributed by atoms with van der Waals surface area (Å²) in [6, 6.07) is 17.9. The monoisotopic (exact) mass is 400 g/mol. The Morgan fingerprint density at radius 2 is 1.73 bits per heavy atom. The van der Waals surface area contributed by atoms with E-state index in [2.05, 4.69) is 16.0 Å². The molecule has 6 heteroatoms. The third kappa shape index (κ3) is 3.67. The summed E-state index contributed by atoms with van der Waals surface area (Å²) in [6.45, 7) is 4.84. The molecule has 1 aliphatic heterocycles. The first kappa shape index (κ1) is 18.8. The fourth-order valence-corrected chi connectivity index (χ4v) is 4.04.